The summed E-state index contributed by atoms with van der Waals surface area (Å²) >= 11 is 0. The predicted octanol–water partition coefficient (Wildman–Crippen LogP) is 3.02. The highest BCUT2D eigenvalue weighted by Gasteiger charge is 2.15. The maximum absolute atomic E-state index is 10.5. The predicted molar refractivity (Wildman–Crippen MR) is 118 cm³/mol. The van der Waals surface area contributed by atoms with E-state index in [1.54, 1.807) is 14.0 Å². The van der Waals surface area contributed by atoms with Crippen molar-refractivity contribution in [3.05, 3.63) is 35.5 Å². The van der Waals surface area contributed by atoms with Crippen LogP contribution in [-0.2, 0) is 13.1 Å². The Morgan fingerprint density at radius 3 is 2.52 bits per heavy atom. The summed E-state index contributed by atoms with van der Waals surface area (Å²) in [6.45, 7) is 6.09. The minimum atomic E-state index is -0.521. The smallest absolute Gasteiger partial charge is 0.230 e. The molecular formula is C23H36N4O4. The molecule has 1 saturated heterocycles. The summed E-state index contributed by atoms with van der Waals surface area (Å²) in [6.07, 6.45) is 5.81. The first kappa shape index (κ1) is 23.5. The van der Waals surface area contributed by atoms with Gasteiger partial charge in [0.25, 0.3) is 0 Å². The molecule has 0 amide bonds. The SMILES string of the molecule is COc1cc(CN(C)Cc2nnc(C)o2)ccc1OC[C@@H](O)CN1CCCCCCC1. The van der Waals surface area contributed by atoms with E-state index in [1.807, 2.05) is 25.2 Å². The quantitative estimate of drug-likeness (QED) is 0.613. The van der Waals surface area contributed by atoms with Gasteiger partial charge in [0, 0.05) is 20.0 Å². The molecule has 1 atom stereocenters. The van der Waals surface area contributed by atoms with Crippen molar-refractivity contribution in [1.29, 1.82) is 0 Å². The van der Waals surface area contributed by atoms with E-state index >= 15 is 0 Å². The Labute approximate surface area is 185 Å². The van der Waals surface area contributed by atoms with Crippen LogP contribution in [0.5, 0.6) is 11.5 Å². The first-order valence-corrected chi connectivity index (χ1v) is 11.2. The summed E-state index contributed by atoms with van der Waals surface area (Å²) < 4.78 is 16.9. The second kappa shape index (κ2) is 12.0. The normalized spacial score (nSPS) is 16.7. The maximum Gasteiger partial charge on any atom is 0.230 e. The van der Waals surface area contributed by atoms with Crippen molar-refractivity contribution in [2.75, 3.05) is 40.4 Å². The highest BCUT2D eigenvalue weighted by atomic mass is 16.5. The van der Waals surface area contributed by atoms with E-state index in [-0.39, 0.29) is 6.61 Å². The molecule has 2 aromatic rings. The number of benzene rings is 1. The summed E-state index contributed by atoms with van der Waals surface area (Å²) in [5, 5.41) is 18.4. The highest BCUT2D eigenvalue weighted by molar-refractivity contribution is 5.43. The van der Waals surface area contributed by atoms with Gasteiger partial charge in [-0.2, -0.15) is 0 Å². The minimum absolute atomic E-state index is 0.253. The van der Waals surface area contributed by atoms with Crippen molar-refractivity contribution in [1.82, 2.24) is 20.0 Å². The van der Waals surface area contributed by atoms with E-state index in [9.17, 15) is 5.11 Å². The first-order chi connectivity index (χ1) is 15.0. The number of aliphatic hydroxyl groups excluding tert-OH is 1. The molecule has 1 aromatic carbocycles. The monoisotopic (exact) mass is 432 g/mol. The zero-order chi connectivity index (χ0) is 22.1. The van der Waals surface area contributed by atoms with Crippen LogP contribution in [-0.4, -0.2) is 71.6 Å². The number of hydrogen-bond acceptors (Lipinski definition) is 8. The van der Waals surface area contributed by atoms with Gasteiger partial charge in [0.15, 0.2) is 11.5 Å². The Balaban J connectivity index is 1.49. The molecule has 31 heavy (non-hydrogen) atoms. The fourth-order valence-electron chi connectivity index (χ4n) is 3.96. The summed E-state index contributed by atoms with van der Waals surface area (Å²) in [6, 6.07) is 5.88. The standard InChI is InChI=1S/C23H36N4O4/c1-18-24-25-23(31-18)16-26(2)14-19-9-10-21(22(13-19)29-3)30-17-20(28)15-27-11-7-5-4-6-8-12-27/h9-10,13,20,28H,4-8,11-12,14-17H2,1-3H3/t20-/m0/s1. The van der Waals surface area contributed by atoms with Gasteiger partial charge >= 0.3 is 0 Å². The molecule has 1 aliphatic heterocycles. The number of β-amino-alcohol motifs (C(OH)–C–C–N with tert-alkyl or cyclic N) is 1. The minimum Gasteiger partial charge on any atom is -0.493 e. The fraction of sp³-hybridized carbons (Fsp3) is 0.652. The molecule has 0 bridgehead atoms. The van der Waals surface area contributed by atoms with Crippen LogP contribution < -0.4 is 9.47 Å². The molecule has 1 aliphatic rings. The number of rotatable bonds is 10. The average molecular weight is 433 g/mol. The number of methoxy groups -OCH3 is 1. The lowest BCUT2D eigenvalue weighted by molar-refractivity contribution is 0.0645. The Hall–Kier alpha value is -2.16. The number of aliphatic hydroxyl groups is 1. The van der Waals surface area contributed by atoms with Crippen molar-refractivity contribution in [3.8, 4) is 11.5 Å². The third-order valence-corrected chi connectivity index (χ3v) is 5.50. The van der Waals surface area contributed by atoms with Crippen LogP contribution in [0.25, 0.3) is 0 Å². The van der Waals surface area contributed by atoms with Crippen LogP contribution in [0.2, 0.25) is 0 Å². The van der Waals surface area contributed by atoms with Crippen molar-refractivity contribution >= 4 is 0 Å². The van der Waals surface area contributed by atoms with Gasteiger partial charge in [0.2, 0.25) is 11.8 Å². The zero-order valence-electron chi connectivity index (χ0n) is 19.0. The summed E-state index contributed by atoms with van der Waals surface area (Å²) in [4.78, 5) is 4.45. The average Bonchev–Trinajstić information content (AvgIpc) is 3.13. The molecule has 1 fully saturated rings. The number of nitrogens with zero attached hydrogens (tertiary/aromatic N) is 4. The van der Waals surface area contributed by atoms with Crippen LogP contribution in [0.1, 0.15) is 49.4 Å². The van der Waals surface area contributed by atoms with E-state index in [0.717, 1.165) is 18.7 Å². The Morgan fingerprint density at radius 2 is 1.84 bits per heavy atom. The molecule has 2 heterocycles. The third-order valence-electron chi connectivity index (χ3n) is 5.50. The van der Waals surface area contributed by atoms with Gasteiger partial charge < -0.3 is 23.9 Å². The summed E-state index contributed by atoms with van der Waals surface area (Å²) in [5.74, 6) is 2.48. The molecule has 0 radical (unpaired) electrons. The van der Waals surface area contributed by atoms with Gasteiger partial charge in [0.1, 0.15) is 12.7 Å². The van der Waals surface area contributed by atoms with E-state index < -0.39 is 6.10 Å². The molecule has 1 aromatic heterocycles. The van der Waals surface area contributed by atoms with E-state index in [2.05, 4.69) is 20.0 Å². The van der Waals surface area contributed by atoms with Crippen LogP contribution in [0.15, 0.2) is 22.6 Å². The van der Waals surface area contributed by atoms with E-state index in [0.29, 0.717) is 42.9 Å². The molecular weight excluding hydrogens is 396 g/mol. The highest BCUT2D eigenvalue weighted by Crippen LogP contribution is 2.29. The summed E-state index contributed by atoms with van der Waals surface area (Å²) in [5.41, 5.74) is 1.09. The first-order valence-electron chi connectivity index (χ1n) is 11.2. The van der Waals surface area contributed by atoms with Gasteiger partial charge in [-0.1, -0.05) is 25.3 Å². The number of hydrogen-bond donors (Lipinski definition) is 1. The second-order valence-electron chi connectivity index (χ2n) is 8.41. The van der Waals surface area contributed by atoms with E-state index in [4.69, 9.17) is 13.9 Å². The van der Waals surface area contributed by atoms with Gasteiger partial charge in [-0.25, -0.2) is 0 Å². The van der Waals surface area contributed by atoms with Gasteiger partial charge in [-0.05, 0) is 50.7 Å². The van der Waals surface area contributed by atoms with Gasteiger partial charge in [-0.15, -0.1) is 10.2 Å². The Morgan fingerprint density at radius 1 is 1.10 bits per heavy atom. The summed E-state index contributed by atoms with van der Waals surface area (Å²) in [7, 11) is 3.63. The van der Waals surface area contributed by atoms with Gasteiger partial charge in [-0.3, -0.25) is 4.90 Å². The molecule has 0 unspecified atom stereocenters. The molecule has 3 rings (SSSR count). The van der Waals surface area contributed by atoms with Crippen LogP contribution in [0.4, 0.5) is 0 Å². The largest absolute Gasteiger partial charge is 0.493 e. The molecule has 0 spiro atoms. The van der Waals surface area contributed by atoms with Crippen LogP contribution in [0.3, 0.4) is 0 Å². The lowest BCUT2D eigenvalue weighted by atomic mass is 10.1. The zero-order valence-corrected chi connectivity index (χ0v) is 19.0. The second-order valence-corrected chi connectivity index (χ2v) is 8.41. The molecule has 8 heteroatoms. The third kappa shape index (κ3) is 7.79. The van der Waals surface area contributed by atoms with Crippen LogP contribution >= 0.6 is 0 Å². The van der Waals surface area contributed by atoms with Gasteiger partial charge in [0.05, 0.1) is 13.7 Å². The van der Waals surface area contributed by atoms with Crippen molar-refractivity contribution in [2.45, 2.75) is 58.2 Å². The Bertz CT molecular complexity index is 790. The number of aromatic nitrogens is 2. The number of ether oxygens (including phenoxy) is 2. The van der Waals surface area contributed by atoms with Crippen molar-refractivity contribution in [3.63, 3.8) is 0 Å². The van der Waals surface area contributed by atoms with E-state index in [1.165, 1.54) is 32.1 Å². The molecule has 172 valence electrons. The maximum atomic E-state index is 10.5. The topological polar surface area (TPSA) is 84.1 Å². The number of likely N-dealkylation sites (tertiary alicyclic amines) is 1. The lowest BCUT2D eigenvalue weighted by Crippen LogP contribution is -2.37. The molecule has 8 nitrogen and oxygen atoms in total. The fourth-order valence-corrected chi connectivity index (χ4v) is 3.96. The molecule has 1 N–H and O–H groups in total. The molecule has 0 saturated carbocycles. The molecule has 0 aliphatic carbocycles. The number of aryl methyl sites for hydroxylation is 1. The lowest BCUT2D eigenvalue weighted by Gasteiger charge is -2.26. The van der Waals surface area contributed by atoms with Crippen LogP contribution in [0, 0.1) is 6.92 Å². The Kier molecular flexibility index (Phi) is 9.12. The van der Waals surface area contributed by atoms with Crippen molar-refractivity contribution < 1.29 is 19.0 Å². The van der Waals surface area contributed by atoms with Crippen molar-refractivity contribution in [2.24, 2.45) is 0 Å².